The van der Waals surface area contributed by atoms with Crippen molar-refractivity contribution in [2.45, 2.75) is 44.9 Å². The number of furan rings is 1. The molecule has 2 atom stereocenters. The van der Waals surface area contributed by atoms with Crippen molar-refractivity contribution in [2.75, 3.05) is 6.54 Å². The van der Waals surface area contributed by atoms with Gasteiger partial charge in [-0.15, -0.1) is 0 Å². The number of rotatable bonds is 2. The minimum Gasteiger partial charge on any atom is -0.469 e. The van der Waals surface area contributed by atoms with Crippen molar-refractivity contribution >= 4 is 11.8 Å². The Balaban J connectivity index is 2.23. The van der Waals surface area contributed by atoms with Crippen molar-refractivity contribution in [3.8, 4) is 0 Å². The van der Waals surface area contributed by atoms with Gasteiger partial charge >= 0.3 is 6.18 Å². The first-order valence-electron chi connectivity index (χ1n) is 6.88. The predicted molar refractivity (Wildman–Crippen MR) is 71.2 cm³/mol. The maximum absolute atomic E-state index is 13.2. The van der Waals surface area contributed by atoms with Crippen molar-refractivity contribution in [1.29, 1.82) is 0 Å². The Morgan fingerprint density at radius 2 is 2.05 bits per heavy atom. The van der Waals surface area contributed by atoms with Gasteiger partial charge in [0.05, 0.1) is 5.56 Å². The third kappa shape index (κ3) is 3.61. The van der Waals surface area contributed by atoms with Gasteiger partial charge in [-0.05, 0) is 25.8 Å². The molecule has 22 heavy (non-hydrogen) atoms. The molecule has 1 saturated heterocycles. The number of piperidine rings is 1. The highest BCUT2D eigenvalue weighted by atomic mass is 19.4. The lowest BCUT2D eigenvalue weighted by Crippen LogP contribution is -2.58. The summed E-state index contributed by atoms with van der Waals surface area (Å²) < 4.78 is 44.5. The molecule has 1 N–H and O–H groups in total. The molecule has 2 heterocycles. The Morgan fingerprint density at radius 1 is 1.36 bits per heavy atom. The first-order valence-corrected chi connectivity index (χ1v) is 6.88. The van der Waals surface area contributed by atoms with Crippen LogP contribution in [0.4, 0.5) is 13.2 Å². The monoisotopic (exact) mass is 318 g/mol. The second kappa shape index (κ2) is 6.02. The highest BCUT2D eigenvalue weighted by Gasteiger charge is 2.48. The summed E-state index contributed by atoms with van der Waals surface area (Å²) in [6.45, 7) is 2.72. The Labute approximate surface area is 125 Å². The summed E-state index contributed by atoms with van der Waals surface area (Å²) in [5.74, 6) is -0.626. The third-order valence-electron chi connectivity index (χ3n) is 3.61. The molecule has 122 valence electrons. The first-order chi connectivity index (χ1) is 10.2. The Kier molecular flexibility index (Phi) is 4.48. The van der Waals surface area contributed by atoms with Crippen LogP contribution in [-0.4, -0.2) is 41.5 Å². The topological polar surface area (TPSA) is 62.6 Å². The number of likely N-dealkylation sites (tertiary alicyclic amines) is 1. The van der Waals surface area contributed by atoms with Gasteiger partial charge in [-0.25, -0.2) is 0 Å². The van der Waals surface area contributed by atoms with Crippen molar-refractivity contribution in [2.24, 2.45) is 0 Å². The molecule has 0 aliphatic carbocycles. The molecule has 0 radical (unpaired) electrons. The normalized spacial score (nSPS) is 22.5. The summed E-state index contributed by atoms with van der Waals surface area (Å²) in [5, 5.41) is 2.57. The van der Waals surface area contributed by atoms with Gasteiger partial charge in [0.2, 0.25) is 5.91 Å². The van der Waals surface area contributed by atoms with Crippen LogP contribution in [0.1, 0.15) is 35.9 Å². The number of hydrogen-bond acceptors (Lipinski definition) is 3. The fourth-order valence-electron chi connectivity index (χ4n) is 2.66. The quantitative estimate of drug-likeness (QED) is 0.910. The molecule has 0 unspecified atom stereocenters. The molecule has 0 saturated carbocycles. The summed E-state index contributed by atoms with van der Waals surface area (Å²) in [6, 6.07) is -0.925. The number of carbonyl (C=O) groups excluding carboxylic acids is 2. The van der Waals surface area contributed by atoms with Crippen LogP contribution in [0, 0.1) is 6.92 Å². The van der Waals surface area contributed by atoms with Crippen molar-refractivity contribution in [3.63, 3.8) is 0 Å². The fraction of sp³-hybridized carbons (Fsp3) is 0.571. The van der Waals surface area contributed by atoms with E-state index in [4.69, 9.17) is 4.42 Å². The average molecular weight is 318 g/mol. The van der Waals surface area contributed by atoms with E-state index < -0.39 is 24.2 Å². The first kappa shape index (κ1) is 16.4. The van der Waals surface area contributed by atoms with E-state index in [9.17, 15) is 22.8 Å². The van der Waals surface area contributed by atoms with E-state index in [0.29, 0.717) is 5.76 Å². The molecule has 0 bridgehead atoms. The number of aryl methyl sites for hydroxylation is 1. The van der Waals surface area contributed by atoms with Crippen molar-refractivity contribution in [1.82, 2.24) is 10.2 Å². The fourth-order valence-corrected chi connectivity index (χ4v) is 2.66. The smallest absolute Gasteiger partial charge is 0.408 e. The second-order valence-corrected chi connectivity index (χ2v) is 5.44. The predicted octanol–water partition coefficient (Wildman–Crippen LogP) is 2.26. The van der Waals surface area contributed by atoms with E-state index in [2.05, 4.69) is 5.32 Å². The Hall–Kier alpha value is -1.99. The van der Waals surface area contributed by atoms with Gasteiger partial charge in [-0.2, -0.15) is 13.2 Å². The molecule has 0 aromatic carbocycles. The van der Waals surface area contributed by atoms with Crippen LogP contribution < -0.4 is 5.32 Å². The highest BCUT2D eigenvalue weighted by molar-refractivity contribution is 5.94. The molecule has 1 fully saturated rings. The van der Waals surface area contributed by atoms with Gasteiger partial charge in [0.1, 0.15) is 18.1 Å². The van der Waals surface area contributed by atoms with E-state index in [1.165, 1.54) is 13.0 Å². The molecular formula is C14H17F3N2O3. The van der Waals surface area contributed by atoms with E-state index in [0.717, 1.165) is 11.2 Å². The zero-order valence-electron chi connectivity index (χ0n) is 12.2. The zero-order valence-corrected chi connectivity index (χ0v) is 12.2. The molecular weight excluding hydrogens is 301 g/mol. The SMILES string of the molecule is CC(=O)N[C@H]1CC[C@@H](C(F)(F)F)N(C(=O)c2coc(C)c2)C1. The number of nitrogens with one attached hydrogen (secondary N) is 1. The van der Waals surface area contributed by atoms with E-state index in [-0.39, 0.29) is 30.9 Å². The molecule has 1 aliphatic heterocycles. The average Bonchev–Trinajstić information content (AvgIpc) is 2.82. The second-order valence-electron chi connectivity index (χ2n) is 5.44. The molecule has 1 aromatic rings. The number of hydrogen-bond donors (Lipinski definition) is 1. The number of alkyl halides is 3. The lowest BCUT2D eigenvalue weighted by Gasteiger charge is -2.40. The van der Waals surface area contributed by atoms with Crippen LogP contribution in [0.3, 0.4) is 0 Å². The minimum atomic E-state index is -4.50. The third-order valence-corrected chi connectivity index (χ3v) is 3.61. The minimum absolute atomic E-state index is 0.0789. The summed E-state index contributed by atoms with van der Waals surface area (Å²) in [7, 11) is 0. The van der Waals surface area contributed by atoms with Gasteiger partial charge in [0.25, 0.3) is 5.91 Å². The van der Waals surface area contributed by atoms with E-state index in [1.807, 2.05) is 0 Å². The largest absolute Gasteiger partial charge is 0.469 e. The highest BCUT2D eigenvalue weighted by Crippen LogP contribution is 2.33. The van der Waals surface area contributed by atoms with Gasteiger partial charge < -0.3 is 14.6 Å². The van der Waals surface area contributed by atoms with Crippen LogP contribution in [0.25, 0.3) is 0 Å². The van der Waals surface area contributed by atoms with E-state index in [1.54, 1.807) is 6.92 Å². The van der Waals surface area contributed by atoms with Crippen molar-refractivity contribution < 1.29 is 27.2 Å². The summed E-state index contributed by atoms with van der Waals surface area (Å²) >= 11 is 0. The summed E-state index contributed by atoms with van der Waals surface area (Å²) in [6.07, 6.45) is -3.42. The molecule has 2 amide bonds. The number of carbonyl (C=O) groups is 2. The molecule has 0 spiro atoms. The van der Waals surface area contributed by atoms with E-state index >= 15 is 0 Å². The lowest BCUT2D eigenvalue weighted by atomic mass is 9.96. The Morgan fingerprint density at radius 3 is 2.55 bits per heavy atom. The van der Waals surface area contributed by atoms with Crippen LogP contribution >= 0.6 is 0 Å². The molecule has 8 heteroatoms. The zero-order chi connectivity index (χ0) is 16.5. The standard InChI is InChI=1S/C14H17F3N2O3/c1-8-5-10(7-22-8)13(21)19-6-11(18-9(2)20)3-4-12(19)14(15,16)17/h5,7,11-12H,3-4,6H2,1-2H3,(H,18,20)/t11-,12-/m0/s1. The van der Waals surface area contributed by atoms with Crippen molar-refractivity contribution in [3.05, 3.63) is 23.7 Å². The summed E-state index contributed by atoms with van der Waals surface area (Å²) in [5.41, 5.74) is 0.0789. The van der Waals surface area contributed by atoms with Gasteiger partial charge in [0, 0.05) is 19.5 Å². The molecule has 5 nitrogen and oxygen atoms in total. The van der Waals surface area contributed by atoms with Crippen LogP contribution in [0.5, 0.6) is 0 Å². The summed E-state index contributed by atoms with van der Waals surface area (Å²) in [4.78, 5) is 24.2. The number of halogens is 3. The molecule has 1 aliphatic rings. The van der Waals surface area contributed by atoms with Crippen LogP contribution in [0.2, 0.25) is 0 Å². The van der Waals surface area contributed by atoms with Crippen LogP contribution in [-0.2, 0) is 4.79 Å². The lowest BCUT2D eigenvalue weighted by molar-refractivity contribution is -0.184. The molecule has 1 aromatic heterocycles. The Bertz CT molecular complexity index is 568. The van der Waals surface area contributed by atoms with Gasteiger partial charge in [0.15, 0.2) is 0 Å². The number of nitrogens with zero attached hydrogens (tertiary/aromatic N) is 1. The van der Waals surface area contributed by atoms with Crippen LogP contribution in [0.15, 0.2) is 16.7 Å². The number of amides is 2. The van der Waals surface area contributed by atoms with Gasteiger partial charge in [-0.1, -0.05) is 0 Å². The molecule has 2 rings (SSSR count). The maximum atomic E-state index is 13.2. The maximum Gasteiger partial charge on any atom is 0.408 e. The van der Waals surface area contributed by atoms with Gasteiger partial charge in [-0.3, -0.25) is 9.59 Å².